The lowest BCUT2D eigenvalue weighted by molar-refractivity contribution is 1.17. The van der Waals surface area contributed by atoms with Crippen molar-refractivity contribution in [3.8, 4) is 11.3 Å². The second-order valence-electron chi connectivity index (χ2n) is 6.24. The molecule has 0 amide bonds. The van der Waals surface area contributed by atoms with E-state index in [2.05, 4.69) is 25.3 Å². The van der Waals surface area contributed by atoms with Gasteiger partial charge in [-0.15, -0.1) is 0 Å². The van der Waals surface area contributed by atoms with Crippen molar-refractivity contribution in [2.45, 2.75) is 0 Å². The molecule has 0 bridgehead atoms. The number of nitrogens with one attached hydrogen (secondary N) is 3. The topological polar surface area (TPSA) is 86.5 Å². The Labute approximate surface area is 153 Å². The van der Waals surface area contributed by atoms with Crippen LogP contribution in [0.1, 0.15) is 0 Å². The molecule has 0 saturated heterocycles. The molecule has 27 heavy (non-hydrogen) atoms. The smallest absolute Gasteiger partial charge is 0.272 e. The molecule has 0 spiro atoms. The minimum Gasteiger partial charge on any atom is -0.357 e. The van der Waals surface area contributed by atoms with E-state index in [9.17, 15) is 4.79 Å². The van der Waals surface area contributed by atoms with Gasteiger partial charge in [-0.05, 0) is 36.4 Å². The number of benzene rings is 2. The number of H-pyrrole nitrogens is 2. The zero-order valence-electron chi connectivity index (χ0n) is 14.2. The Bertz CT molecular complexity index is 1320. The SMILES string of the molecule is O=c1[nH]c2ccc(-c3ccnc(Nc4ccccc4)n3)cc2c2cc[nH]c12. The summed E-state index contributed by atoms with van der Waals surface area (Å²) in [6, 6.07) is 19.5. The highest BCUT2D eigenvalue weighted by molar-refractivity contribution is 6.05. The summed E-state index contributed by atoms with van der Waals surface area (Å²) in [6.45, 7) is 0. The van der Waals surface area contributed by atoms with Gasteiger partial charge in [-0.3, -0.25) is 4.79 Å². The van der Waals surface area contributed by atoms with Crippen molar-refractivity contribution in [3.63, 3.8) is 0 Å². The first kappa shape index (κ1) is 15.3. The van der Waals surface area contributed by atoms with Crippen molar-refractivity contribution in [3.05, 3.63) is 83.4 Å². The van der Waals surface area contributed by atoms with Crippen LogP contribution in [-0.4, -0.2) is 19.9 Å². The maximum Gasteiger partial charge on any atom is 0.272 e. The van der Waals surface area contributed by atoms with Crippen LogP contribution in [0, 0.1) is 0 Å². The molecule has 130 valence electrons. The number of hydrogen-bond acceptors (Lipinski definition) is 4. The van der Waals surface area contributed by atoms with Crippen molar-refractivity contribution < 1.29 is 0 Å². The van der Waals surface area contributed by atoms with E-state index in [1.165, 1.54) is 0 Å². The van der Waals surface area contributed by atoms with Crippen molar-refractivity contribution in [2.75, 3.05) is 5.32 Å². The lowest BCUT2D eigenvalue weighted by Crippen LogP contribution is -2.06. The Morgan fingerprint density at radius 3 is 2.70 bits per heavy atom. The fourth-order valence-electron chi connectivity index (χ4n) is 3.23. The first-order chi connectivity index (χ1) is 13.3. The van der Waals surface area contributed by atoms with Crippen molar-refractivity contribution in [1.82, 2.24) is 19.9 Å². The number of fused-ring (bicyclic) bond motifs is 3. The molecule has 0 radical (unpaired) electrons. The third-order valence-corrected chi connectivity index (χ3v) is 4.51. The van der Waals surface area contributed by atoms with Gasteiger partial charge < -0.3 is 15.3 Å². The Hall–Kier alpha value is -3.93. The van der Waals surface area contributed by atoms with Crippen molar-refractivity contribution in [2.24, 2.45) is 0 Å². The molecule has 0 aliphatic rings. The molecule has 6 heteroatoms. The minimum absolute atomic E-state index is 0.119. The largest absolute Gasteiger partial charge is 0.357 e. The van der Waals surface area contributed by atoms with Crippen LogP contribution in [0.2, 0.25) is 0 Å². The number of hydrogen-bond donors (Lipinski definition) is 3. The molecule has 6 nitrogen and oxygen atoms in total. The van der Waals surface area contributed by atoms with Crippen LogP contribution in [0.15, 0.2) is 77.9 Å². The molecule has 2 aromatic carbocycles. The quantitative estimate of drug-likeness (QED) is 0.453. The second-order valence-corrected chi connectivity index (χ2v) is 6.24. The van der Waals surface area contributed by atoms with E-state index < -0.39 is 0 Å². The van der Waals surface area contributed by atoms with Crippen molar-refractivity contribution >= 4 is 33.4 Å². The monoisotopic (exact) mass is 353 g/mol. The standard InChI is InChI=1S/C21H15N5O/c27-20-19-15(8-10-22-19)16-12-13(6-7-18(16)25-20)17-9-11-23-21(26-17)24-14-4-2-1-3-5-14/h1-12,22H,(H,25,27)(H,23,24,26). The molecular weight excluding hydrogens is 338 g/mol. The highest BCUT2D eigenvalue weighted by atomic mass is 16.1. The highest BCUT2D eigenvalue weighted by Crippen LogP contribution is 2.27. The maximum atomic E-state index is 12.1. The third-order valence-electron chi connectivity index (χ3n) is 4.51. The molecule has 0 aliphatic heterocycles. The summed E-state index contributed by atoms with van der Waals surface area (Å²) in [4.78, 5) is 26.9. The fraction of sp³-hybridized carbons (Fsp3) is 0. The zero-order chi connectivity index (χ0) is 18.2. The molecule has 5 rings (SSSR count). The summed E-state index contributed by atoms with van der Waals surface area (Å²) in [7, 11) is 0. The lowest BCUT2D eigenvalue weighted by Gasteiger charge is -2.08. The first-order valence-electron chi connectivity index (χ1n) is 8.56. The summed E-state index contributed by atoms with van der Waals surface area (Å²) < 4.78 is 0. The average Bonchev–Trinajstić information content (AvgIpc) is 3.20. The van der Waals surface area contributed by atoms with E-state index >= 15 is 0 Å². The van der Waals surface area contributed by atoms with Gasteiger partial charge in [0.1, 0.15) is 5.52 Å². The van der Waals surface area contributed by atoms with Gasteiger partial charge in [0.2, 0.25) is 5.95 Å². The van der Waals surface area contributed by atoms with E-state index in [1.54, 1.807) is 12.4 Å². The summed E-state index contributed by atoms with van der Waals surface area (Å²) in [5.41, 5.74) is 3.95. The van der Waals surface area contributed by atoms with Gasteiger partial charge in [0, 0.05) is 39.9 Å². The van der Waals surface area contributed by atoms with E-state index in [4.69, 9.17) is 0 Å². The molecule has 3 aromatic heterocycles. The van der Waals surface area contributed by atoms with Gasteiger partial charge in [-0.2, -0.15) is 0 Å². The molecular formula is C21H15N5O. The molecule has 0 saturated carbocycles. The Kier molecular flexibility index (Phi) is 3.47. The number of para-hydroxylation sites is 1. The third kappa shape index (κ3) is 2.73. The molecule has 3 heterocycles. The molecule has 0 atom stereocenters. The molecule has 5 aromatic rings. The van der Waals surface area contributed by atoms with Gasteiger partial charge in [0.25, 0.3) is 5.56 Å². The second kappa shape index (κ2) is 6.10. The van der Waals surface area contributed by atoms with Gasteiger partial charge in [-0.25, -0.2) is 9.97 Å². The minimum atomic E-state index is -0.119. The normalized spacial score (nSPS) is 11.1. The van der Waals surface area contributed by atoms with Crippen LogP contribution in [0.3, 0.4) is 0 Å². The van der Waals surface area contributed by atoms with E-state index in [1.807, 2.05) is 60.7 Å². The zero-order valence-corrected chi connectivity index (χ0v) is 14.2. The van der Waals surface area contributed by atoms with Crippen LogP contribution in [-0.2, 0) is 0 Å². The van der Waals surface area contributed by atoms with Crippen LogP contribution in [0.5, 0.6) is 0 Å². The van der Waals surface area contributed by atoms with Crippen LogP contribution in [0.4, 0.5) is 11.6 Å². The van der Waals surface area contributed by atoms with Crippen LogP contribution in [0.25, 0.3) is 33.1 Å². The number of aromatic nitrogens is 4. The maximum absolute atomic E-state index is 12.1. The van der Waals surface area contributed by atoms with Gasteiger partial charge >= 0.3 is 0 Å². The van der Waals surface area contributed by atoms with E-state index in [-0.39, 0.29) is 5.56 Å². The fourth-order valence-corrected chi connectivity index (χ4v) is 3.23. The van der Waals surface area contributed by atoms with Crippen molar-refractivity contribution in [1.29, 1.82) is 0 Å². The predicted molar refractivity (Wildman–Crippen MR) is 107 cm³/mol. The predicted octanol–water partition coefficient (Wildman–Crippen LogP) is 4.21. The first-order valence-corrected chi connectivity index (χ1v) is 8.56. The highest BCUT2D eigenvalue weighted by Gasteiger charge is 2.09. The number of pyridine rings is 1. The molecule has 0 fully saturated rings. The Morgan fingerprint density at radius 1 is 0.926 bits per heavy atom. The number of anilines is 2. The van der Waals surface area contributed by atoms with Gasteiger partial charge in [0.15, 0.2) is 0 Å². The lowest BCUT2D eigenvalue weighted by atomic mass is 10.1. The summed E-state index contributed by atoms with van der Waals surface area (Å²) in [5.74, 6) is 0.534. The summed E-state index contributed by atoms with van der Waals surface area (Å²) in [5, 5.41) is 5.08. The Morgan fingerprint density at radius 2 is 1.81 bits per heavy atom. The summed E-state index contributed by atoms with van der Waals surface area (Å²) >= 11 is 0. The molecule has 0 unspecified atom stereocenters. The number of rotatable bonds is 3. The average molecular weight is 353 g/mol. The van der Waals surface area contributed by atoms with Gasteiger partial charge in [0.05, 0.1) is 5.69 Å². The van der Waals surface area contributed by atoms with Gasteiger partial charge in [-0.1, -0.05) is 24.3 Å². The van der Waals surface area contributed by atoms with Crippen LogP contribution >= 0.6 is 0 Å². The molecule has 3 N–H and O–H groups in total. The van der Waals surface area contributed by atoms with E-state index in [0.29, 0.717) is 11.5 Å². The molecule has 0 aliphatic carbocycles. The number of nitrogens with zero attached hydrogens (tertiary/aromatic N) is 2. The Balaban J connectivity index is 1.60. The number of aromatic amines is 2. The summed E-state index contributed by atoms with van der Waals surface area (Å²) in [6.07, 6.45) is 3.51. The van der Waals surface area contributed by atoms with E-state index in [0.717, 1.165) is 33.2 Å². The van der Waals surface area contributed by atoms with Crippen LogP contribution < -0.4 is 10.9 Å².